The van der Waals surface area contributed by atoms with Gasteiger partial charge in [0.1, 0.15) is 18.6 Å². The Balaban J connectivity index is 3.25. The second kappa shape index (κ2) is 12.9. The summed E-state index contributed by atoms with van der Waals surface area (Å²) in [7, 11) is -0.449. The molecule has 0 amide bonds. The fourth-order valence-electron chi connectivity index (χ4n) is 4.51. The molecular weight excluding hydrogens is 506 g/mol. The molecule has 0 bridgehead atoms. The lowest BCUT2D eigenvalue weighted by Gasteiger charge is -2.41. The molecule has 0 aliphatic carbocycles. The minimum absolute atomic E-state index is 0.00570. The SMILES string of the molecule is COCO[C@H](CSC(C)(C)[C@H](C(=O)O)N(C)S(=O)(=O)c1ccc(OC)cc1)C([Si](C)C)C(C)(C)C. The number of carboxylic acids is 1. The fourth-order valence-corrected chi connectivity index (χ4v) is 10.2. The van der Waals surface area contributed by atoms with Crippen LogP contribution in [0.3, 0.4) is 0 Å². The predicted molar refractivity (Wildman–Crippen MR) is 143 cm³/mol. The first-order chi connectivity index (χ1) is 16.0. The van der Waals surface area contributed by atoms with Gasteiger partial charge in [0.25, 0.3) is 0 Å². The molecule has 0 saturated carbocycles. The van der Waals surface area contributed by atoms with Crippen LogP contribution in [0.15, 0.2) is 29.2 Å². The third-order valence-corrected chi connectivity index (χ3v) is 11.7. The summed E-state index contributed by atoms with van der Waals surface area (Å²) < 4.78 is 43.0. The number of ether oxygens (including phenoxy) is 3. The number of sulfonamides is 1. The van der Waals surface area contributed by atoms with Crippen LogP contribution in [0.25, 0.3) is 0 Å². The molecule has 8 nitrogen and oxygen atoms in total. The largest absolute Gasteiger partial charge is 0.497 e. The molecule has 1 aromatic carbocycles. The van der Waals surface area contributed by atoms with Crippen LogP contribution in [0.1, 0.15) is 34.6 Å². The normalized spacial score (nSPS) is 15.8. The lowest BCUT2D eigenvalue weighted by molar-refractivity contribution is -0.142. The number of nitrogens with zero attached hydrogens (tertiary/aromatic N) is 1. The van der Waals surface area contributed by atoms with Gasteiger partial charge in [-0.3, -0.25) is 4.79 Å². The van der Waals surface area contributed by atoms with Gasteiger partial charge < -0.3 is 19.3 Å². The molecule has 201 valence electrons. The van der Waals surface area contributed by atoms with E-state index in [4.69, 9.17) is 14.2 Å². The van der Waals surface area contributed by atoms with Crippen LogP contribution in [-0.2, 0) is 24.3 Å². The van der Waals surface area contributed by atoms with Gasteiger partial charge in [0, 0.05) is 33.5 Å². The Morgan fingerprint density at radius 1 is 1.11 bits per heavy atom. The number of rotatable bonds is 14. The van der Waals surface area contributed by atoms with Gasteiger partial charge in [0.05, 0.1) is 18.1 Å². The quantitative estimate of drug-likeness (QED) is 0.269. The summed E-state index contributed by atoms with van der Waals surface area (Å²) in [5, 5.41) is 10.1. The minimum atomic E-state index is -4.06. The number of carboxylic acid groups (broad SMARTS) is 1. The first-order valence-corrected chi connectivity index (χ1v) is 16.4. The van der Waals surface area contributed by atoms with Crippen molar-refractivity contribution >= 4 is 36.6 Å². The van der Waals surface area contributed by atoms with Crippen molar-refractivity contribution in [2.24, 2.45) is 5.41 Å². The average molecular weight is 549 g/mol. The van der Waals surface area contributed by atoms with Crippen molar-refractivity contribution in [3.63, 3.8) is 0 Å². The van der Waals surface area contributed by atoms with E-state index in [2.05, 4.69) is 33.9 Å². The van der Waals surface area contributed by atoms with E-state index >= 15 is 0 Å². The van der Waals surface area contributed by atoms with Gasteiger partial charge in [0.2, 0.25) is 10.0 Å². The Kier molecular flexibility index (Phi) is 11.8. The van der Waals surface area contributed by atoms with Gasteiger partial charge in [-0.25, -0.2) is 8.42 Å². The van der Waals surface area contributed by atoms with E-state index < -0.39 is 35.6 Å². The molecular formula is C24H42NO7S2Si. The minimum Gasteiger partial charge on any atom is -0.497 e. The van der Waals surface area contributed by atoms with E-state index in [0.29, 0.717) is 11.5 Å². The van der Waals surface area contributed by atoms with Crippen LogP contribution in [-0.4, -0.2) is 83.3 Å². The number of carbonyl (C=O) groups is 1. The van der Waals surface area contributed by atoms with Gasteiger partial charge in [0.15, 0.2) is 0 Å². The number of thioether (sulfide) groups is 1. The van der Waals surface area contributed by atoms with Crippen molar-refractivity contribution in [2.75, 3.05) is 33.8 Å². The Bertz CT molecular complexity index is 915. The summed E-state index contributed by atoms with van der Waals surface area (Å²) in [5.41, 5.74) is 0.261. The number of hydrogen-bond acceptors (Lipinski definition) is 7. The molecule has 0 spiro atoms. The number of methoxy groups -OCH3 is 2. The first-order valence-electron chi connectivity index (χ1n) is 11.4. The Hall–Kier alpha value is -1.11. The third-order valence-electron chi connectivity index (χ3n) is 5.94. The van der Waals surface area contributed by atoms with Crippen LogP contribution in [0.2, 0.25) is 18.6 Å². The molecule has 0 saturated heterocycles. The number of aliphatic carboxylic acids is 1. The monoisotopic (exact) mass is 548 g/mol. The maximum Gasteiger partial charge on any atom is 0.323 e. The molecule has 1 N–H and O–H groups in total. The van der Waals surface area contributed by atoms with Crippen LogP contribution < -0.4 is 4.74 Å². The Labute approximate surface area is 217 Å². The number of likely N-dealkylation sites (N-methyl/N-ethyl adjacent to an activating group) is 1. The van der Waals surface area contributed by atoms with Crippen molar-refractivity contribution in [3.05, 3.63) is 24.3 Å². The highest BCUT2D eigenvalue weighted by molar-refractivity contribution is 8.00. The van der Waals surface area contributed by atoms with Crippen molar-refractivity contribution < 1.29 is 32.5 Å². The summed E-state index contributed by atoms with van der Waals surface area (Å²) >= 11 is 1.41. The van der Waals surface area contributed by atoms with Crippen molar-refractivity contribution in [2.45, 2.75) is 75.0 Å². The molecule has 0 aliphatic rings. The molecule has 35 heavy (non-hydrogen) atoms. The van der Waals surface area contributed by atoms with Gasteiger partial charge in [-0.05, 0) is 49.1 Å². The highest BCUT2D eigenvalue weighted by Crippen LogP contribution is 2.42. The molecule has 0 aromatic heterocycles. The van der Waals surface area contributed by atoms with Crippen LogP contribution in [0.4, 0.5) is 0 Å². The Morgan fingerprint density at radius 2 is 1.66 bits per heavy atom. The summed E-state index contributed by atoms with van der Waals surface area (Å²) in [4.78, 5) is 12.4. The van der Waals surface area contributed by atoms with Crippen LogP contribution in [0.5, 0.6) is 5.75 Å². The molecule has 1 rings (SSSR count). The summed E-state index contributed by atoms with van der Waals surface area (Å²) in [6, 6.07) is 4.60. The molecule has 0 fully saturated rings. The van der Waals surface area contributed by atoms with E-state index in [-0.39, 0.29) is 28.7 Å². The predicted octanol–water partition coefficient (Wildman–Crippen LogP) is 4.44. The molecule has 3 atom stereocenters. The van der Waals surface area contributed by atoms with Crippen LogP contribution in [0, 0.1) is 5.41 Å². The van der Waals surface area contributed by atoms with E-state index in [1.165, 1.54) is 50.2 Å². The van der Waals surface area contributed by atoms with Gasteiger partial charge in [-0.15, -0.1) is 0 Å². The molecule has 0 aliphatic heterocycles. The zero-order chi connectivity index (χ0) is 27.2. The van der Waals surface area contributed by atoms with Gasteiger partial charge in [-0.2, -0.15) is 16.1 Å². The number of benzene rings is 1. The standard InChI is InChI=1S/C24H42NO7S2Si/c1-23(2,3)21(35(9)10)19(32-16-30-7)15-33-24(4,5)20(22(26)27)25(6)34(28,29)18-13-11-17(31-8)12-14-18/h11-14,19-21H,15-16H2,1-10H3,(H,26,27)/t19-,20+,21?/m1/s1. The maximum atomic E-state index is 13.3. The lowest BCUT2D eigenvalue weighted by atomic mass is 9.88. The second-order valence-corrected chi connectivity index (χ2v) is 16.8. The second-order valence-electron chi connectivity index (χ2n) is 10.4. The van der Waals surface area contributed by atoms with E-state index in [0.717, 1.165) is 4.31 Å². The summed E-state index contributed by atoms with van der Waals surface area (Å²) in [6.07, 6.45) is -0.166. The van der Waals surface area contributed by atoms with Crippen molar-refractivity contribution in [3.8, 4) is 5.75 Å². The van der Waals surface area contributed by atoms with Gasteiger partial charge in [-0.1, -0.05) is 33.9 Å². The van der Waals surface area contributed by atoms with E-state index in [1.54, 1.807) is 21.0 Å². The van der Waals surface area contributed by atoms with Crippen molar-refractivity contribution in [1.29, 1.82) is 0 Å². The zero-order valence-corrected chi connectivity index (χ0v) is 25.2. The molecule has 1 radical (unpaired) electrons. The zero-order valence-electron chi connectivity index (χ0n) is 22.6. The number of hydrogen-bond donors (Lipinski definition) is 1. The summed E-state index contributed by atoms with van der Waals surface area (Å²) in [6.45, 7) is 14.7. The first kappa shape index (κ1) is 31.9. The topological polar surface area (TPSA) is 102 Å². The Morgan fingerprint density at radius 3 is 2.06 bits per heavy atom. The van der Waals surface area contributed by atoms with Crippen LogP contribution >= 0.6 is 11.8 Å². The van der Waals surface area contributed by atoms with Gasteiger partial charge >= 0.3 is 5.97 Å². The summed E-state index contributed by atoms with van der Waals surface area (Å²) in [5.74, 6) is -0.186. The maximum absolute atomic E-state index is 13.3. The van der Waals surface area contributed by atoms with E-state index in [9.17, 15) is 18.3 Å². The van der Waals surface area contributed by atoms with Crippen molar-refractivity contribution in [1.82, 2.24) is 4.31 Å². The highest BCUT2D eigenvalue weighted by Gasteiger charge is 2.45. The molecule has 11 heteroatoms. The molecule has 0 heterocycles. The molecule has 1 aromatic rings. The van der Waals surface area contributed by atoms with E-state index in [1.807, 2.05) is 0 Å². The average Bonchev–Trinajstić information content (AvgIpc) is 2.73. The molecule has 1 unspecified atom stereocenters. The highest BCUT2D eigenvalue weighted by atomic mass is 32.2. The fraction of sp³-hybridized carbons (Fsp3) is 0.708. The smallest absolute Gasteiger partial charge is 0.323 e. The lowest BCUT2D eigenvalue weighted by Crippen LogP contribution is -2.53. The third kappa shape index (κ3) is 8.46.